The largest absolute Gasteiger partial charge is 0.478 e. The molecule has 4 nitrogen and oxygen atoms in total. The van der Waals surface area contributed by atoms with Gasteiger partial charge < -0.3 is 10.2 Å². The Hall–Kier alpha value is -1.58. The Bertz CT molecular complexity index is 305. The molecule has 0 fully saturated rings. The molecule has 0 aliphatic rings. The molecular weight excluding hydrogens is 244 g/mol. The molecule has 0 aliphatic carbocycles. The molecule has 0 saturated carbocycles. The zero-order valence-corrected chi connectivity index (χ0v) is 12.2. The molecule has 4 heteroatoms. The summed E-state index contributed by atoms with van der Waals surface area (Å²) in [6.07, 6.45) is 8.43. The molecule has 0 saturated heterocycles. The highest BCUT2D eigenvalue weighted by atomic mass is 16.4. The van der Waals surface area contributed by atoms with Crippen LogP contribution in [0.15, 0.2) is 24.3 Å². The first-order valence-electron chi connectivity index (χ1n) is 6.64. The van der Waals surface area contributed by atoms with Crippen molar-refractivity contribution in [1.82, 2.24) is 0 Å². The molecule has 1 atom stereocenters. The number of carboxylic acids is 2. The van der Waals surface area contributed by atoms with Crippen LogP contribution in [0.4, 0.5) is 0 Å². The quantitative estimate of drug-likeness (QED) is 0.656. The zero-order chi connectivity index (χ0) is 15.3. The van der Waals surface area contributed by atoms with E-state index in [4.69, 9.17) is 10.2 Å². The highest BCUT2D eigenvalue weighted by Gasteiger charge is 2.05. The molecule has 0 spiro atoms. The number of carbonyl (C=O) groups is 2. The van der Waals surface area contributed by atoms with Crippen LogP contribution in [0.3, 0.4) is 0 Å². The normalized spacial score (nSPS) is 12.1. The molecule has 110 valence electrons. The van der Waals surface area contributed by atoms with Gasteiger partial charge in [-0.2, -0.15) is 0 Å². The standard InChI is InChI=1S/C12H22O2.C3H4O2/c1-4-6-7-11(5-2)9-8-10(3)12(13)14;1-2-3(4)5/h8,11H,4-7,9H2,1-3H3,(H,13,14);2H,1H2,(H,4,5). The average Bonchev–Trinajstić information content (AvgIpc) is 2.39. The maximum absolute atomic E-state index is 10.5. The summed E-state index contributed by atoms with van der Waals surface area (Å²) < 4.78 is 0. The second-order valence-electron chi connectivity index (χ2n) is 4.39. The van der Waals surface area contributed by atoms with E-state index in [1.165, 1.54) is 19.3 Å². The molecule has 0 radical (unpaired) electrons. The Morgan fingerprint density at radius 3 is 2.11 bits per heavy atom. The minimum atomic E-state index is -0.981. The second-order valence-corrected chi connectivity index (χ2v) is 4.39. The summed E-state index contributed by atoms with van der Waals surface area (Å²) >= 11 is 0. The van der Waals surface area contributed by atoms with Gasteiger partial charge in [-0.1, -0.05) is 52.2 Å². The van der Waals surface area contributed by atoms with Crippen molar-refractivity contribution in [3.63, 3.8) is 0 Å². The molecule has 0 amide bonds. The maximum Gasteiger partial charge on any atom is 0.330 e. The van der Waals surface area contributed by atoms with Gasteiger partial charge in [0.05, 0.1) is 0 Å². The minimum Gasteiger partial charge on any atom is -0.478 e. The van der Waals surface area contributed by atoms with Gasteiger partial charge in [0.1, 0.15) is 0 Å². The van der Waals surface area contributed by atoms with Gasteiger partial charge in [-0.25, -0.2) is 9.59 Å². The van der Waals surface area contributed by atoms with Crippen LogP contribution in [0.5, 0.6) is 0 Å². The molecular formula is C15H26O4. The number of unbranched alkanes of at least 4 members (excludes halogenated alkanes) is 1. The predicted molar refractivity (Wildman–Crippen MR) is 77.1 cm³/mol. The topological polar surface area (TPSA) is 74.6 Å². The third kappa shape index (κ3) is 14.4. The van der Waals surface area contributed by atoms with Crippen molar-refractivity contribution in [3.8, 4) is 0 Å². The Morgan fingerprint density at radius 1 is 1.26 bits per heavy atom. The fourth-order valence-corrected chi connectivity index (χ4v) is 1.41. The molecule has 0 aromatic rings. The third-order valence-electron chi connectivity index (χ3n) is 2.81. The van der Waals surface area contributed by atoms with Crippen LogP contribution < -0.4 is 0 Å². The van der Waals surface area contributed by atoms with Gasteiger partial charge in [0.25, 0.3) is 0 Å². The van der Waals surface area contributed by atoms with E-state index in [-0.39, 0.29) is 0 Å². The van der Waals surface area contributed by atoms with Crippen LogP contribution in [-0.4, -0.2) is 22.2 Å². The summed E-state index contributed by atoms with van der Waals surface area (Å²) in [5, 5.41) is 16.3. The molecule has 2 N–H and O–H groups in total. The molecule has 0 rings (SSSR count). The molecule has 0 bridgehead atoms. The van der Waals surface area contributed by atoms with Gasteiger partial charge in [-0.15, -0.1) is 0 Å². The summed E-state index contributed by atoms with van der Waals surface area (Å²) in [6.45, 7) is 8.98. The van der Waals surface area contributed by atoms with Gasteiger partial charge >= 0.3 is 11.9 Å². The zero-order valence-electron chi connectivity index (χ0n) is 12.2. The smallest absolute Gasteiger partial charge is 0.330 e. The molecule has 1 unspecified atom stereocenters. The van der Waals surface area contributed by atoms with E-state index < -0.39 is 11.9 Å². The van der Waals surface area contributed by atoms with Gasteiger partial charge in [-0.3, -0.25) is 0 Å². The van der Waals surface area contributed by atoms with E-state index in [0.717, 1.165) is 18.9 Å². The second kappa shape index (κ2) is 12.9. The van der Waals surface area contributed by atoms with Crippen molar-refractivity contribution in [2.24, 2.45) is 5.92 Å². The van der Waals surface area contributed by atoms with Gasteiger partial charge in [-0.05, 0) is 19.3 Å². The van der Waals surface area contributed by atoms with Gasteiger partial charge in [0.15, 0.2) is 0 Å². The number of hydrogen-bond donors (Lipinski definition) is 2. The van der Waals surface area contributed by atoms with E-state index >= 15 is 0 Å². The lowest BCUT2D eigenvalue weighted by Crippen LogP contribution is -2.00. The SMILES string of the molecule is C=CC(=O)O.CCCCC(CC)CC=C(C)C(=O)O. The van der Waals surface area contributed by atoms with Gasteiger partial charge in [0, 0.05) is 11.6 Å². The molecule has 0 heterocycles. The van der Waals surface area contributed by atoms with E-state index in [0.29, 0.717) is 11.5 Å². The van der Waals surface area contributed by atoms with Crippen LogP contribution in [0, 0.1) is 5.92 Å². The van der Waals surface area contributed by atoms with Gasteiger partial charge in [0.2, 0.25) is 0 Å². The molecule has 0 aliphatic heterocycles. The molecule has 19 heavy (non-hydrogen) atoms. The lowest BCUT2D eigenvalue weighted by atomic mass is 9.95. The minimum absolute atomic E-state index is 0.472. The van der Waals surface area contributed by atoms with Crippen LogP contribution in [0.1, 0.15) is 52.9 Å². The summed E-state index contributed by atoms with van der Waals surface area (Å²) in [7, 11) is 0. The maximum atomic E-state index is 10.5. The molecule has 0 aromatic carbocycles. The fraction of sp³-hybridized carbons (Fsp3) is 0.600. The summed E-state index contributed by atoms with van der Waals surface area (Å²) in [5.41, 5.74) is 0.472. The van der Waals surface area contributed by atoms with Crippen molar-refractivity contribution >= 4 is 11.9 Å². The van der Waals surface area contributed by atoms with Crippen molar-refractivity contribution in [2.45, 2.75) is 52.9 Å². The van der Waals surface area contributed by atoms with Crippen LogP contribution in [0.2, 0.25) is 0 Å². The van der Waals surface area contributed by atoms with Crippen LogP contribution in [-0.2, 0) is 9.59 Å². The van der Waals surface area contributed by atoms with E-state index in [1.54, 1.807) is 6.92 Å². The van der Waals surface area contributed by atoms with Crippen molar-refractivity contribution in [2.75, 3.05) is 0 Å². The molecule has 0 aromatic heterocycles. The Morgan fingerprint density at radius 2 is 1.79 bits per heavy atom. The predicted octanol–water partition coefficient (Wildman–Crippen LogP) is 3.88. The Kier molecular flexibility index (Phi) is 13.4. The number of rotatable bonds is 8. The van der Waals surface area contributed by atoms with E-state index in [9.17, 15) is 9.59 Å². The van der Waals surface area contributed by atoms with Crippen LogP contribution in [0.25, 0.3) is 0 Å². The summed E-state index contributed by atoms with van der Waals surface area (Å²) in [5.74, 6) is -1.12. The number of carboxylic acid groups (broad SMARTS) is 2. The number of hydrogen-bond acceptors (Lipinski definition) is 2. The van der Waals surface area contributed by atoms with Crippen LogP contribution >= 0.6 is 0 Å². The Balaban J connectivity index is 0. The first-order chi connectivity index (χ1) is 8.88. The monoisotopic (exact) mass is 270 g/mol. The van der Waals surface area contributed by atoms with Crippen molar-refractivity contribution in [3.05, 3.63) is 24.3 Å². The van der Waals surface area contributed by atoms with E-state index in [2.05, 4.69) is 20.4 Å². The average molecular weight is 270 g/mol. The number of allylic oxidation sites excluding steroid dienone is 1. The third-order valence-corrected chi connectivity index (χ3v) is 2.81. The number of aliphatic carboxylic acids is 2. The lowest BCUT2D eigenvalue weighted by Gasteiger charge is -2.11. The lowest BCUT2D eigenvalue weighted by molar-refractivity contribution is -0.133. The van der Waals surface area contributed by atoms with Crippen molar-refractivity contribution in [1.29, 1.82) is 0 Å². The first-order valence-corrected chi connectivity index (χ1v) is 6.64. The first kappa shape index (κ1) is 19.8. The Labute approximate surface area is 115 Å². The fourth-order valence-electron chi connectivity index (χ4n) is 1.41. The van der Waals surface area contributed by atoms with Crippen molar-refractivity contribution < 1.29 is 19.8 Å². The highest BCUT2D eigenvalue weighted by molar-refractivity contribution is 5.85. The summed E-state index contributed by atoms with van der Waals surface area (Å²) in [6, 6.07) is 0. The van der Waals surface area contributed by atoms with E-state index in [1.807, 2.05) is 6.08 Å². The highest BCUT2D eigenvalue weighted by Crippen LogP contribution is 2.17. The summed E-state index contributed by atoms with van der Waals surface area (Å²) in [4.78, 5) is 19.8.